The minimum Gasteiger partial charge on any atom is -0.496 e. The highest BCUT2D eigenvalue weighted by Gasteiger charge is 2.09. The molecular formula is C23H32N2O2. The molecule has 27 heavy (non-hydrogen) atoms. The predicted octanol–water partition coefficient (Wildman–Crippen LogP) is 5.33. The summed E-state index contributed by atoms with van der Waals surface area (Å²) in [5.74, 6) is 0.892. The Morgan fingerprint density at radius 3 is 2.59 bits per heavy atom. The van der Waals surface area contributed by atoms with Crippen LogP contribution in [-0.2, 0) is 11.2 Å². The van der Waals surface area contributed by atoms with Crippen molar-refractivity contribution >= 4 is 12.0 Å². The summed E-state index contributed by atoms with van der Waals surface area (Å²) < 4.78 is 11.6. The summed E-state index contributed by atoms with van der Waals surface area (Å²) >= 11 is 0. The minimum absolute atomic E-state index is 0.113. The Morgan fingerprint density at radius 2 is 1.93 bits per heavy atom. The van der Waals surface area contributed by atoms with E-state index >= 15 is 0 Å². The smallest absolute Gasteiger partial charge is 0.124 e. The topological polar surface area (TPSA) is 34.1 Å². The summed E-state index contributed by atoms with van der Waals surface area (Å²) in [5, 5.41) is 0. The van der Waals surface area contributed by atoms with Crippen LogP contribution < -0.4 is 4.74 Å². The molecule has 2 aromatic carbocycles. The molecule has 0 fully saturated rings. The first kappa shape index (κ1) is 21.0. The van der Waals surface area contributed by atoms with Crippen LogP contribution in [-0.4, -0.2) is 38.5 Å². The summed E-state index contributed by atoms with van der Waals surface area (Å²) in [6, 6.07) is 14.5. The lowest BCUT2D eigenvalue weighted by Gasteiger charge is -2.15. The van der Waals surface area contributed by atoms with Gasteiger partial charge in [-0.15, -0.1) is 0 Å². The molecule has 1 atom stereocenters. The van der Waals surface area contributed by atoms with E-state index in [4.69, 9.17) is 9.47 Å². The average molecular weight is 369 g/mol. The molecule has 0 aliphatic rings. The quantitative estimate of drug-likeness (QED) is 0.323. The van der Waals surface area contributed by atoms with E-state index in [2.05, 4.69) is 44.0 Å². The van der Waals surface area contributed by atoms with Crippen LogP contribution in [0.15, 0.2) is 47.5 Å². The Balaban J connectivity index is 1.94. The maximum Gasteiger partial charge on any atom is 0.124 e. The molecule has 0 spiro atoms. The SMILES string of the molecule is CCN(C)/C=N/c1cc(OC)c(CCCOC(C)c2ccccc2)cc1C. The van der Waals surface area contributed by atoms with Crippen molar-refractivity contribution in [1.29, 1.82) is 0 Å². The molecule has 0 aliphatic carbocycles. The molecule has 1 unspecified atom stereocenters. The van der Waals surface area contributed by atoms with Gasteiger partial charge in [0.1, 0.15) is 5.75 Å². The van der Waals surface area contributed by atoms with Crippen LogP contribution in [0.3, 0.4) is 0 Å². The van der Waals surface area contributed by atoms with Crippen LogP contribution in [0.1, 0.15) is 43.1 Å². The number of rotatable bonds is 10. The highest BCUT2D eigenvalue weighted by atomic mass is 16.5. The van der Waals surface area contributed by atoms with Crippen molar-refractivity contribution in [3.05, 3.63) is 59.2 Å². The minimum atomic E-state index is 0.113. The molecule has 0 radical (unpaired) electrons. The van der Waals surface area contributed by atoms with Gasteiger partial charge in [0.05, 0.1) is 25.2 Å². The first-order valence-corrected chi connectivity index (χ1v) is 9.63. The van der Waals surface area contributed by atoms with E-state index in [0.717, 1.165) is 43.0 Å². The van der Waals surface area contributed by atoms with Gasteiger partial charge in [-0.05, 0) is 50.3 Å². The Kier molecular flexibility index (Phi) is 8.34. The summed E-state index contributed by atoms with van der Waals surface area (Å²) in [6.45, 7) is 7.94. The zero-order valence-electron chi connectivity index (χ0n) is 17.2. The molecule has 2 aromatic rings. The fraction of sp³-hybridized carbons (Fsp3) is 0.435. The Bertz CT molecular complexity index is 729. The van der Waals surface area contributed by atoms with Gasteiger partial charge in [-0.3, -0.25) is 0 Å². The third kappa shape index (κ3) is 6.40. The number of nitrogens with zero attached hydrogens (tertiary/aromatic N) is 2. The van der Waals surface area contributed by atoms with Gasteiger partial charge in [0.25, 0.3) is 0 Å². The Morgan fingerprint density at radius 1 is 1.19 bits per heavy atom. The van der Waals surface area contributed by atoms with Crippen molar-refractivity contribution in [2.24, 2.45) is 4.99 Å². The van der Waals surface area contributed by atoms with E-state index < -0.39 is 0 Å². The molecule has 0 saturated heterocycles. The fourth-order valence-corrected chi connectivity index (χ4v) is 2.85. The molecule has 0 N–H and O–H groups in total. The van der Waals surface area contributed by atoms with Gasteiger partial charge in [-0.2, -0.15) is 0 Å². The van der Waals surface area contributed by atoms with Crippen LogP contribution in [0.25, 0.3) is 0 Å². The van der Waals surface area contributed by atoms with E-state index in [9.17, 15) is 0 Å². The number of hydrogen-bond acceptors (Lipinski definition) is 3. The molecule has 2 rings (SSSR count). The van der Waals surface area contributed by atoms with Crippen molar-refractivity contribution in [3.63, 3.8) is 0 Å². The predicted molar refractivity (Wildman–Crippen MR) is 113 cm³/mol. The molecule has 0 bridgehead atoms. The average Bonchev–Trinajstić information content (AvgIpc) is 2.70. The zero-order chi connectivity index (χ0) is 19.6. The Labute approximate surface area is 163 Å². The first-order valence-electron chi connectivity index (χ1n) is 9.63. The Hall–Kier alpha value is -2.33. The first-order chi connectivity index (χ1) is 13.0. The number of hydrogen-bond donors (Lipinski definition) is 0. The molecule has 146 valence electrons. The van der Waals surface area contributed by atoms with Crippen molar-refractivity contribution in [2.75, 3.05) is 27.3 Å². The molecule has 0 amide bonds. The molecule has 0 saturated carbocycles. The zero-order valence-corrected chi connectivity index (χ0v) is 17.2. The lowest BCUT2D eigenvalue weighted by molar-refractivity contribution is 0.0641. The molecule has 4 nitrogen and oxygen atoms in total. The fourth-order valence-electron chi connectivity index (χ4n) is 2.85. The molecule has 0 heterocycles. The van der Waals surface area contributed by atoms with Gasteiger partial charge in [-0.25, -0.2) is 4.99 Å². The van der Waals surface area contributed by atoms with Crippen LogP contribution in [0.2, 0.25) is 0 Å². The summed E-state index contributed by atoms with van der Waals surface area (Å²) in [6.07, 6.45) is 3.85. The maximum absolute atomic E-state index is 5.98. The molecular weight excluding hydrogens is 336 g/mol. The van der Waals surface area contributed by atoms with Gasteiger partial charge in [0.2, 0.25) is 0 Å². The van der Waals surface area contributed by atoms with E-state index in [1.807, 2.05) is 42.6 Å². The second kappa shape index (κ2) is 10.7. The second-order valence-electron chi connectivity index (χ2n) is 6.80. The van der Waals surface area contributed by atoms with E-state index in [1.165, 1.54) is 11.1 Å². The summed E-state index contributed by atoms with van der Waals surface area (Å²) in [5.41, 5.74) is 4.52. The van der Waals surface area contributed by atoms with Crippen molar-refractivity contribution < 1.29 is 9.47 Å². The van der Waals surface area contributed by atoms with Crippen LogP contribution in [0.5, 0.6) is 5.75 Å². The highest BCUT2D eigenvalue weighted by Crippen LogP contribution is 2.30. The maximum atomic E-state index is 5.98. The van der Waals surface area contributed by atoms with Crippen molar-refractivity contribution in [1.82, 2.24) is 4.90 Å². The number of aryl methyl sites for hydroxylation is 2. The number of benzene rings is 2. The summed E-state index contributed by atoms with van der Waals surface area (Å²) in [7, 11) is 3.73. The number of aliphatic imine (C=N–C) groups is 1. The largest absolute Gasteiger partial charge is 0.496 e. The molecule has 0 aliphatic heterocycles. The molecule has 4 heteroatoms. The lowest BCUT2D eigenvalue weighted by Crippen LogP contribution is -2.14. The lowest BCUT2D eigenvalue weighted by atomic mass is 10.0. The van der Waals surface area contributed by atoms with Gasteiger partial charge in [-0.1, -0.05) is 36.4 Å². The summed E-state index contributed by atoms with van der Waals surface area (Å²) in [4.78, 5) is 6.62. The normalized spacial score (nSPS) is 12.3. The molecule has 0 aromatic heterocycles. The highest BCUT2D eigenvalue weighted by molar-refractivity contribution is 5.64. The monoisotopic (exact) mass is 368 g/mol. The van der Waals surface area contributed by atoms with Crippen LogP contribution in [0, 0.1) is 6.92 Å². The number of methoxy groups -OCH3 is 1. The third-order valence-electron chi connectivity index (χ3n) is 4.72. The van der Waals surface area contributed by atoms with E-state index in [-0.39, 0.29) is 6.10 Å². The van der Waals surface area contributed by atoms with Crippen molar-refractivity contribution in [2.45, 2.75) is 39.7 Å². The van der Waals surface area contributed by atoms with Gasteiger partial charge < -0.3 is 14.4 Å². The van der Waals surface area contributed by atoms with Gasteiger partial charge in [0.15, 0.2) is 0 Å². The third-order valence-corrected chi connectivity index (χ3v) is 4.72. The standard InChI is InChI=1S/C23H32N2O2/c1-6-25(4)17-24-22-16-23(26-5)21(15-18(22)2)13-10-14-27-19(3)20-11-8-7-9-12-20/h7-9,11-12,15-17,19H,6,10,13-14H2,1-5H3/b24-17+. The van der Waals surface area contributed by atoms with Gasteiger partial charge in [0, 0.05) is 26.3 Å². The number of ether oxygens (including phenoxy) is 2. The van der Waals surface area contributed by atoms with Crippen LogP contribution in [0.4, 0.5) is 5.69 Å². The van der Waals surface area contributed by atoms with Crippen molar-refractivity contribution in [3.8, 4) is 5.75 Å². The van der Waals surface area contributed by atoms with Crippen LogP contribution >= 0.6 is 0 Å². The van der Waals surface area contributed by atoms with E-state index in [0.29, 0.717) is 0 Å². The van der Waals surface area contributed by atoms with E-state index in [1.54, 1.807) is 7.11 Å². The van der Waals surface area contributed by atoms with Gasteiger partial charge >= 0.3 is 0 Å². The second-order valence-corrected chi connectivity index (χ2v) is 6.80.